The monoisotopic (exact) mass is 174 g/mol. The lowest BCUT2D eigenvalue weighted by atomic mass is 10.1. The molecule has 1 aromatic carbocycles. The standard InChI is InChI=1S/C10H10N2O/c1-7-6-11-12-10-8(7)4-3-5-9(10)13-2/h3-6H,1-2H3. The molecule has 1 aromatic heterocycles. The van der Waals surface area contributed by atoms with Crippen LogP contribution in [0.1, 0.15) is 5.56 Å². The molecule has 1 heterocycles. The summed E-state index contributed by atoms with van der Waals surface area (Å²) in [5.41, 5.74) is 1.94. The maximum absolute atomic E-state index is 5.18. The summed E-state index contributed by atoms with van der Waals surface area (Å²) in [6.45, 7) is 2.01. The molecule has 3 nitrogen and oxygen atoms in total. The highest BCUT2D eigenvalue weighted by atomic mass is 16.5. The zero-order valence-corrected chi connectivity index (χ0v) is 7.61. The summed E-state index contributed by atoms with van der Waals surface area (Å²) in [7, 11) is 1.64. The Morgan fingerprint density at radius 2 is 2.15 bits per heavy atom. The predicted octanol–water partition coefficient (Wildman–Crippen LogP) is 1.95. The van der Waals surface area contributed by atoms with E-state index in [1.807, 2.05) is 25.1 Å². The van der Waals surface area contributed by atoms with Crippen molar-refractivity contribution in [3.63, 3.8) is 0 Å². The second kappa shape index (κ2) is 3.01. The smallest absolute Gasteiger partial charge is 0.147 e. The fourth-order valence-electron chi connectivity index (χ4n) is 1.35. The molecule has 0 atom stereocenters. The Hall–Kier alpha value is -1.64. The van der Waals surface area contributed by atoms with Gasteiger partial charge in [0.1, 0.15) is 11.3 Å². The summed E-state index contributed by atoms with van der Waals surface area (Å²) in [6, 6.07) is 5.86. The molecule has 3 heteroatoms. The Bertz CT molecular complexity index is 440. The molecule has 0 saturated heterocycles. The van der Waals surface area contributed by atoms with Crippen LogP contribution in [-0.2, 0) is 0 Å². The van der Waals surface area contributed by atoms with Crippen molar-refractivity contribution in [3.05, 3.63) is 30.0 Å². The molecule has 2 rings (SSSR count). The maximum atomic E-state index is 5.18. The normalized spacial score (nSPS) is 10.3. The first-order valence-electron chi connectivity index (χ1n) is 4.08. The highest BCUT2D eigenvalue weighted by Gasteiger charge is 2.03. The van der Waals surface area contributed by atoms with Crippen LogP contribution in [0, 0.1) is 6.92 Å². The van der Waals surface area contributed by atoms with E-state index in [1.54, 1.807) is 13.3 Å². The molecule has 0 unspecified atom stereocenters. The molecular weight excluding hydrogens is 164 g/mol. The van der Waals surface area contributed by atoms with Crippen LogP contribution in [0.4, 0.5) is 0 Å². The first-order valence-corrected chi connectivity index (χ1v) is 4.08. The molecule has 0 amide bonds. The van der Waals surface area contributed by atoms with Crippen molar-refractivity contribution >= 4 is 10.9 Å². The van der Waals surface area contributed by atoms with Crippen LogP contribution < -0.4 is 4.74 Å². The van der Waals surface area contributed by atoms with Gasteiger partial charge in [0.2, 0.25) is 0 Å². The molecule has 0 saturated carbocycles. The molecule has 0 spiro atoms. The average Bonchev–Trinajstić information content (AvgIpc) is 2.18. The van der Waals surface area contributed by atoms with E-state index in [0.29, 0.717) is 0 Å². The molecule has 66 valence electrons. The van der Waals surface area contributed by atoms with Crippen LogP contribution in [0.5, 0.6) is 5.75 Å². The molecule has 0 N–H and O–H groups in total. The number of ether oxygens (including phenoxy) is 1. The largest absolute Gasteiger partial charge is 0.494 e. The Morgan fingerprint density at radius 1 is 1.31 bits per heavy atom. The number of methoxy groups -OCH3 is 1. The van der Waals surface area contributed by atoms with Gasteiger partial charge in [-0.1, -0.05) is 12.1 Å². The van der Waals surface area contributed by atoms with Crippen molar-refractivity contribution in [2.75, 3.05) is 7.11 Å². The number of benzene rings is 1. The van der Waals surface area contributed by atoms with Gasteiger partial charge in [0.25, 0.3) is 0 Å². The van der Waals surface area contributed by atoms with E-state index in [4.69, 9.17) is 4.74 Å². The van der Waals surface area contributed by atoms with Crippen LogP contribution in [-0.4, -0.2) is 17.3 Å². The number of nitrogens with zero attached hydrogens (tertiary/aromatic N) is 2. The summed E-state index contributed by atoms with van der Waals surface area (Å²) in [4.78, 5) is 0. The van der Waals surface area contributed by atoms with Gasteiger partial charge in [0.15, 0.2) is 0 Å². The summed E-state index contributed by atoms with van der Waals surface area (Å²) in [6.07, 6.45) is 1.75. The van der Waals surface area contributed by atoms with E-state index in [-0.39, 0.29) is 0 Å². The van der Waals surface area contributed by atoms with Gasteiger partial charge in [-0.15, -0.1) is 5.10 Å². The summed E-state index contributed by atoms with van der Waals surface area (Å²) >= 11 is 0. The lowest BCUT2D eigenvalue weighted by molar-refractivity contribution is 0.418. The third-order valence-electron chi connectivity index (χ3n) is 2.05. The molecule has 0 aliphatic rings. The number of hydrogen-bond acceptors (Lipinski definition) is 3. The van der Waals surface area contributed by atoms with E-state index in [1.165, 1.54) is 0 Å². The maximum Gasteiger partial charge on any atom is 0.147 e. The van der Waals surface area contributed by atoms with Gasteiger partial charge in [-0.3, -0.25) is 0 Å². The number of aryl methyl sites for hydroxylation is 1. The van der Waals surface area contributed by atoms with E-state index >= 15 is 0 Å². The predicted molar refractivity (Wildman–Crippen MR) is 50.8 cm³/mol. The lowest BCUT2D eigenvalue weighted by Gasteiger charge is -2.04. The first-order chi connectivity index (χ1) is 6.33. The van der Waals surface area contributed by atoms with Crippen LogP contribution >= 0.6 is 0 Å². The van der Waals surface area contributed by atoms with Crippen molar-refractivity contribution in [1.29, 1.82) is 0 Å². The van der Waals surface area contributed by atoms with Gasteiger partial charge < -0.3 is 4.74 Å². The molecule has 2 aromatic rings. The van der Waals surface area contributed by atoms with E-state index in [9.17, 15) is 0 Å². The molecule has 0 aliphatic carbocycles. The minimum atomic E-state index is 0.772. The summed E-state index contributed by atoms with van der Waals surface area (Å²) in [5.74, 6) is 0.772. The van der Waals surface area contributed by atoms with Gasteiger partial charge >= 0.3 is 0 Å². The molecule has 0 radical (unpaired) electrons. The second-order valence-corrected chi connectivity index (χ2v) is 2.88. The average molecular weight is 174 g/mol. The molecular formula is C10H10N2O. The number of aromatic nitrogens is 2. The quantitative estimate of drug-likeness (QED) is 0.662. The fourth-order valence-corrected chi connectivity index (χ4v) is 1.35. The van der Waals surface area contributed by atoms with Crippen molar-refractivity contribution in [1.82, 2.24) is 10.2 Å². The van der Waals surface area contributed by atoms with Crippen LogP contribution in [0.2, 0.25) is 0 Å². The SMILES string of the molecule is COc1cccc2c(C)cnnc12. The van der Waals surface area contributed by atoms with Crippen molar-refractivity contribution < 1.29 is 4.74 Å². The number of fused-ring (bicyclic) bond motifs is 1. The van der Waals surface area contributed by atoms with E-state index in [2.05, 4.69) is 10.2 Å². The number of hydrogen-bond donors (Lipinski definition) is 0. The van der Waals surface area contributed by atoms with Crippen molar-refractivity contribution in [3.8, 4) is 5.75 Å². The van der Waals surface area contributed by atoms with Gasteiger partial charge in [0, 0.05) is 5.39 Å². The summed E-state index contributed by atoms with van der Waals surface area (Å²) < 4.78 is 5.18. The zero-order chi connectivity index (χ0) is 9.26. The van der Waals surface area contributed by atoms with Crippen molar-refractivity contribution in [2.24, 2.45) is 0 Å². The number of rotatable bonds is 1. The van der Waals surface area contributed by atoms with E-state index in [0.717, 1.165) is 22.2 Å². The highest BCUT2D eigenvalue weighted by molar-refractivity contribution is 5.86. The summed E-state index contributed by atoms with van der Waals surface area (Å²) in [5, 5.41) is 9.02. The Morgan fingerprint density at radius 3 is 2.92 bits per heavy atom. The van der Waals surface area contributed by atoms with Crippen molar-refractivity contribution in [2.45, 2.75) is 6.92 Å². The van der Waals surface area contributed by atoms with Crippen LogP contribution in [0.25, 0.3) is 10.9 Å². The topological polar surface area (TPSA) is 35.0 Å². The zero-order valence-electron chi connectivity index (χ0n) is 7.61. The van der Waals surface area contributed by atoms with Gasteiger partial charge in [0.05, 0.1) is 13.3 Å². The fraction of sp³-hybridized carbons (Fsp3) is 0.200. The second-order valence-electron chi connectivity index (χ2n) is 2.88. The van der Waals surface area contributed by atoms with Gasteiger partial charge in [-0.2, -0.15) is 5.10 Å². The van der Waals surface area contributed by atoms with Crippen LogP contribution in [0.15, 0.2) is 24.4 Å². The highest BCUT2D eigenvalue weighted by Crippen LogP contribution is 2.23. The van der Waals surface area contributed by atoms with Gasteiger partial charge in [-0.05, 0) is 18.6 Å². The molecule has 0 bridgehead atoms. The molecule has 0 fully saturated rings. The minimum Gasteiger partial charge on any atom is -0.494 e. The van der Waals surface area contributed by atoms with Gasteiger partial charge in [-0.25, -0.2) is 0 Å². The minimum absolute atomic E-state index is 0.772. The Labute approximate surface area is 76.4 Å². The third-order valence-corrected chi connectivity index (χ3v) is 2.05. The first kappa shape index (κ1) is 7.98. The molecule has 13 heavy (non-hydrogen) atoms. The Kier molecular flexibility index (Phi) is 1.85. The third kappa shape index (κ3) is 1.22. The molecule has 0 aliphatic heterocycles. The van der Waals surface area contributed by atoms with Crippen LogP contribution in [0.3, 0.4) is 0 Å². The lowest BCUT2D eigenvalue weighted by Crippen LogP contribution is -1.91. The Balaban J connectivity index is 2.84. The van der Waals surface area contributed by atoms with E-state index < -0.39 is 0 Å².